The van der Waals surface area contributed by atoms with Gasteiger partial charge in [0.1, 0.15) is 5.75 Å². The monoisotopic (exact) mass is 308 g/mol. The first kappa shape index (κ1) is 12.5. The van der Waals surface area contributed by atoms with Gasteiger partial charge in [-0.25, -0.2) is 0 Å². The van der Waals surface area contributed by atoms with Gasteiger partial charge in [0, 0.05) is 15.1 Å². The molecule has 2 aromatic carbocycles. The summed E-state index contributed by atoms with van der Waals surface area (Å²) in [5.74, 6) is 1.86. The minimum Gasteiger partial charge on any atom is -0.497 e. The molecule has 88 valence electrons. The van der Waals surface area contributed by atoms with Gasteiger partial charge in [0.15, 0.2) is 0 Å². The van der Waals surface area contributed by atoms with Gasteiger partial charge >= 0.3 is 0 Å². The van der Waals surface area contributed by atoms with Crippen LogP contribution in [0.5, 0.6) is 5.75 Å². The first-order valence-corrected chi connectivity index (χ1v) is 7.08. The molecular formula is C14H13BrOS. The average molecular weight is 309 g/mol. The van der Waals surface area contributed by atoms with Crippen molar-refractivity contribution in [2.45, 2.75) is 10.6 Å². The Morgan fingerprint density at radius 3 is 2.71 bits per heavy atom. The number of benzene rings is 2. The van der Waals surface area contributed by atoms with Crippen LogP contribution in [0.25, 0.3) is 0 Å². The van der Waals surface area contributed by atoms with Crippen LogP contribution in [-0.4, -0.2) is 7.11 Å². The van der Waals surface area contributed by atoms with Crippen molar-refractivity contribution < 1.29 is 4.74 Å². The first-order chi connectivity index (χ1) is 8.29. The number of thioether (sulfide) groups is 1. The standard InChI is InChI=1S/C14H13BrOS/c1-16-12-6-4-7-13(9-12)17-10-11-5-2-3-8-14(11)15/h2-9H,10H2,1H3. The zero-order chi connectivity index (χ0) is 12.1. The highest BCUT2D eigenvalue weighted by Gasteiger charge is 2.01. The largest absolute Gasteiger partial charge is 0.497 e. The second-order valence-electron chi connectivity index (χ2n) is 3.56. The van der Waals surface area contributed by atoms with Crippen molar-refractivity contribution in [1.29, 1.82) is 0 Å². The number of methoxy groups -OCH3 is 1. The van der Waals surface area contributed by atoms with Crippen LogP contribution in [0.4, 0.5) is 0 Å². The summed E-state index contributed by atoms with van der Waals surface area (Å²) in [6.45, 7) is 0. The second kappa shape index (κ2) is 6.12. The molecule has 0 bridgehead atoms. The van der Waals surface area contributed by atoms with Crippen LogP contribution in [0.3, 0.4) is 0 Å². The number of halogens is 1. The minimum absolute atomic E-state index is 0.905. The van der Waals surface area contributed by atoms with Crippen molar-refractivity contribution in [2.75, 3.05) is 7.11 Å². The molecule has 0 aliphatic heterocycles. The predicted octanol–water partition coefficient (Wildman–Crippen LogP) is 4.75. The van der Waals surface area contributed by atoms with E-state index in [1.165, 1.54) is 10.5 Å². The van der Waals surface area contributed by atoms with Crippen molar-refractivity contribution in [3.8, 4) is 5.75 Å². The molecule has 0 N–H and O–H groups in total. The molecule has 0 aromatic heterocycles. The van der Waals surface area contributed by atoms with E-state index in [0.717, 1.165) is 16.0 Å². The molecule has 0 heterocycles. The van der Waals surface area contributed by atoms with E-state index in [0.29, 0.717) is 0 Å². The maximum absolute atomic E-state index is 5.21. The quantitative estimate of drug-likeness (QED) is 0.754. The van der Waals surface area contributed by atoms with Gasteiger partial charge in [-0.05, 0) is 29.8 Å². The summed E-state index contributed by atoms with van der Waals surface area (Å²) < 4.78 is 6.37. The number of rotatable bonds is 4. The minimum atomic E-state index is 0.905. The van der Waals surface area contributed by atoms with Crippen LogP contribution in [-0.2, 0) is 5.75 Å². The molecule has 0 fully saturated rings. The highest BCUT2D eigenvalue weighted by atomic mass is 79.9. The van der Waals surface area contributed by atoms with E-state index in [-0.39, 0.29) is 0 Å². The number of hydrogen-bond acceptors (Lipinski definition) is 2. The van der Waals surface area contributed by atoms with E-state index >= 15 is 0 Å². The van der Waals surface area contributed by atoms with Gasteiger partial charge in [-0.3, -0.25) is 0 Å². The Balaban J connectivity index is 2.05. The molecule has 1 nitrogen and oxygen atoms in total. The molecule has 0 saturated heterocycles. The Bertz CT molecular complexity index is 499. The van der Waals surface area contributed by atoms with Crippen molar-refractivity contribution >= 4 is 27.7 Å². The summed E-state index contributed by atoms with van der Waals surface area (Å²) in [6, 6.07) is 16.4. The van der Waals surface area contributed by atoms with Gasteiger partial charge in [-0.15, -0.1) is 11.8 Å². The average Bonchev–Trinajstić information content (AvgIpc) is 2.38. The van der Waals surface area contributed by atoms with E-state index in [9.17, 15) is 0 Å². The summed E-state index contributed by atoms with van der Waals surface area (Å²) >= 11 is 5.37. The molecular weight excluding hydrogens is 296 g/mol. The first-order valence-electron chi connectivity index (χ1n) is 5.30. The summed E-state index contributed by atoms with van der Waals surface area (Å²) in [5, 5.41) is 0. The van der Waals surface area contributed by atoms with E-state index < -0.39 is 0 Å². The van der Waals surface area contributed by atoms with Crippen molar-refractivity contribution in [1.82, 2.24) is 0 Å². The van der Waals surface area contributed by atoms with Gasteiger partial charge < -0.3 is 4.74 Å². The number of ether oxygens (including phenoxy) is 1. The highest BCUT2D eigenvalue weighted by molar-refractivity contribution is 9.10. The lowest BCUT2D eigenvalue weighted by Gasteiger charge is -2.05. The lowest BCUT2D eigenvalue weighted by atomic mass is 10.2. The molecule has 0 aliphatic carbocycles. The molecule has 0 radical (unpaired) electrons. The van der Waals surface area contributed by atoms with E-state index in [1.807, 2.05) is 30.0 Å². The van der Waals surface area contributed by atoms with E-state index in [2.05, 4.69) is 46.3 Å². The third kappa shape index (κ3) is 3.51. The molecule has 2 aromatic rings. The topological polar surface area (TPSA) is 9.23 Å². The lowest BCUT2D eigenvalue weighted by Crippen LogP contribution is -1.84. The Hall–Kier alpha value is -0.930. The van der Waals surface area contributed by atoms with Crippen molar-refractivity contribution in [3.63, 3.8) is 0 Å². The summed E-state index contributed by atoms with van der Waals surface area (Å²) in [4.78, 5) is 1.22. The fraction of sp³-hybridized carbons (Fsp3) is 0.143. The van der Waals surface area contributed by atoms with Crippen LogP contribution in [0.2, 0.25) is 0 Å². The third-order valence-electron chi connectivity index (χ3n) is 2.39. The molecule has 0 amide bonds. The maximum atomic E-state index is 5.21. The highest BCUT2D eigenvalue weighted by Crippen LogP contribution is 2.28. The fourth-order valence-electron chi connectivity index (χ4n) is 1.47. The van der Waals surface area contributed by atoms with Gasteiger partial charge in [0.2, 0.25) is 0 Å². The molecule has 3 heteroatoms. The Labute approximate surface area is 114 Å². The molecule has 0 aliphatic rings. The van der Waals surface area contributed by atoms with Crippen LogP contribution in [0, 0.1) is 0 Å². The van der Waals surface area contributed by atoms with E-state index in [1.54, 1.807) is 7.11 Å². The summed E-state index contributed by atoms with van der Waals surface area (Å²) in [6.07, 6.45) is 0. The molecule has 0 saturated carbocycles. The molecule has 0 atom stereocenters. The second-order valence-corrected chi connectivity index (χ2v) is 5.46. The van der Waals surface area contributed by atoms with Gasteiger partial charge in [0.25, 0.3) is 0 Å². The molecule has 0 spiro atoms. The molecule has 17 heavy (non-hydrogen) atoms. The summed E-state index contributed by atoms with van der Waals surface area (Å²) in [7, 11) is 1.69. The normalized spacial score (nSPS) is 10.2. The predicted molar refractivity (Wildman–Crippen MR) is 76.7 cm³/mol. The number of hydrogen-bond donors (Lipinski definition) is 0. The van der Waals surface area contributed by atoms with Gasteiger partial charge in [-0.1, -0.05) is 40.2 Å². The van der Waals surface area contributed by atoms with Crippen LogP contribution >= 0.6 is 27.7 Å². The molecule has 0 unspecified atom stereocenters. The Morgan fingerprint density at radius 1 is 1.12 bits per heavy atom. The van der Waals surface area contributed by atoms with Gasteiger partial charge in [-0.2, -0.15) is 0 Å². The Kier molecular flexibility index (Phi) is 4.51. The zero-order valence-electron chi connectivity index (χ0n) is 9.52. The maximum Gasteiger partial charge on any atom is 0.119 e. The van der Waals surface area contributed by atoms with Crippen molar-refractivity contribution in [3.05, 3.63) is 58.6 Å². The Morgan fingerprint density at radius 2 is 1.94 bits per heavy atom. The summed E-state index contributed by atoms with van der Waals surface area (Å²) in [5.41, 5.74) is 1.31. The van der Waals surface area contributed by atoms with E-state index in [4.69, 9.17) is 4.74 Å². The van der Waals surface area contributed by atoms with Crippen molar-refractivity contribution in [2.24, 2.45) is 0 Å². The fourth-order valence-corrected chi connectivity index (χ4v) is 3.03. The van der Waals surface area contributed by atoms with Gasteiger partial charge in [0.05, 0.1) is 7.11 Å². The smallest absolute Gasteiger partial charge is 0.119 e. The lowest BCUT2D eigenvalue weighted by molar-refractivity contribution is 0.413. The van der Waals surface area contributed by atoms with Crippen LogP contribution in [0.15, 0.2) is 57.9 Å². The van der Waals surface area contributed by atoms with Crippen LogP contribution in [0.1, 0.15) is 5.56 Å². The SMILES string of the molecule is COc1cccc(SCc2ccccc2Br)c1. The third-order valence-corrected chi connectivity index (χ3v) is 4.21. The van der Waals surface area contributed by atoms with Crippen LogP contribution < -0.4 is 4.74 Å². The zero-order valence-corrected chi connectivity index (χ0v) is 11.9. The molecule has 2 rings (SSSR count).